The Bertz CT molecular complexity index is 315. The highest BCUT2D eigenvalue weighted by Gasteiger charge is 2.25. The molecule has 1 N–H and O–H groups in total. The van der Waals surface area contributed by atoms with Gasteiger partial charge in [0.2, 0.25) is 5.13 Å². The highest BCUT2D eigenvalue weighted by atomic mass is 32.1. The van der Waals surface area contributed by atoms with Gasteiger partial charge in [-0.1, -0.05) is 17.8 Å². The summed E-state index contributed by atoms with van der Waals surface area (Å²) in [5.74, 6) is 0. The van der Waals surface area contributed by atoms with Crippen LogP contribution >= 0.6 is 11.3 Å². The molecule has 0 spiro atoms. The first-order chi connectivity index (χ1) is 7.16. The molecule has 4 nitrogen and oxygen atoms in total. The van der Waals surface area contributed by atoms with Gasteiger partial charge in [-0.2, -0.15) is 0 Å². The first-order valence-corrected chi connectivity index (χ1v) is 6.33. The van der Waals surface area contributed by atoms with Crippen LogP contribution in [0.15, 0.2) is 0 Å². The number of piperidine rings is 1. The summed E-state index contributed by atoms with van der Waals surface area (Å²) in [6.45, 7) is 6.50. The number of aryl methyl sites for hydroxylation is 1. The summed E-state index contributed by atoms with van der Waals surface area (Å²) in [5.41, 5.74) is 3.38. The van der Waals surface area contributed by atoms with Gasteiger partial charge in [-0.3, -0.25) is 5.43 Å². The van der Waals surface area contributed by atoms with Crippen molar-refractivity contribution in [2.75, 3.05) is 5.43 Å². The molecule has 2 unspecified atom stereocenters. The Morgan fingerprint density at radius 2 is 1.93 bits per heavy atom. The smallest absolute Gasteiger partial charge is 0.220 e. The zero-order valence-corrected chi connectivity index (χ0v) is 10.3. The number of anilines is 1. The zero-order valence-electron chi connectivity index (χ0n) is 9.53. The standard InChI is InChI=1S/C10H18N4S/c1-7-5-4-6-8(2)14(7)13-10-12-11-9(3)15-10/h7-8H,4-6H2,1-3H3,(H,12,13). The number of nitrogens with one attached hydrogen (secondary N) is 1. The van der Waals surface area contributed by atoms with Crippen molar-refractivity contribution < 1.29 is 0 Å². The number of hydrogen-bond acceptors (Lipinski definition) is 5. The van der Waals surface area contributed by atoms with Gasteiger partial charge in [-0.15, -0.1) is 10.2 Å². The van der Waals surface area contributed by atoms with E-state index < -0.39 is 0 Å². The number of nitrogens with zero attached hydrogens (tertiary/aromatic N) is 3. The minimum Gasteiger partial charge on any atom is -0.292 e. The van der Waals surface area contributed by atoms with Gasteiger partial charge >= 0.3 is 0 Å². The molecule has 1 fully saturated rings. The maximum atomic E-state index is 4.09. The van der Waals surface area contributed by atoms with E-state index in [4.69, 9.17) is 0 Å². The van der Waals surface area contributed by atoms with E-state index in [1.165, 1.54) is 19.3 Å². The molecule has 1 aliphatic heterocycles. The zero-order chi connectivity index (χ0) is 10.8. The predicted octanol–water partition coefficient (Wildman–Crippen LogP) is 2.44. The summed E-state index contributed by atoms with van der Waals surface area (Å²) in [6, 6.07) is 1.16. The first kappa shape index (κ1) is 10.8. The van der Waals surface area contributed by atoms with Gasteiger partial charge in [0.25, 0.3) is 0 Å². The molecule has 84 valence electrons. The molecular weight excluding hydrogens is 208 g/mol. The molecule has 0 saturated carbocycles. The van der Waals surface area contributed by atoms with Gasteiger partial charge in [0, 0.05) is 12.1 Å². The molecule has 0 aliphatic carbocycles. The second kappa shape index (κ2) is 4.45. The van der Waals surface area contributed by atoms with E-state index in [0.29, 0.717) is 12.1 Å². The lowest BCUT2D eigenvalue weighted by molar-refractivity contribution is 0.135. The number of aromatic nitrogens is 2. The van der Waals surface area contributed by atoms with Gasteiger partial charge in [-0.25, -0.2) is 5.01 Å². The molecule has 1 aliphatic rings. The molecule has 2 atom stereocenters. The average molecular weight is 226 g/mol. The lowest BCUT2D eigenvalue weighted by atomic mass is 10.00. The quantitative estimate of drug-likeness (QED) is 0.841. The minimum atomic E-state index is 0.581. The lowest BCUT2D eigenvalue weighted by Gasteiger charge is -2.38. The Kier molecular flexibility index (Phi) is 3.21. The van der Waals surface area contributed by atoms with Crippen molar-refractivity contribution in [3.63, 3.8) is 0 Å². The second-order valence-electron chi connectivity index (χ2n) is 4.27. The maximum Gasteiger partial charge on any atom is 0.220 e. The normalized spacial score (nSPS) is 27.9. The van der Waals surface area contributed by atoms with Gasteiger partial charge < -0.3 is 0 Å². The van der Waals surface area contributed by atoms with Crippen molar-refractivity contribution in [2.24, 2.45) is 0 Å². The van der Waals surface area contributed by atoms with Gasteiger partial charge in [0.1, 0.15) is 5.01 Å². The van der Waals surface area contributed by atoms with Crippen molar-refractivity contribution in [3.05, 3.63) is 5.01 Å². The molecule has 1 aromatic heterocycles. The summed E-state index contributed by atoms with van der Waals surface area (Å²) in [5, 5.41) is 12.3. The van der Waals surface area contributed by atoms with Crippen LogP contribution in [0.2, 0.25) is 0 Å². The highest BCUT2D eigenvalue weighted by molar-refractivity contribution is 7.15. The van der Waals surface area contributed by atoms with E-state index in [1.807, 2.05) is 6.92 Å². The summed E-state index contributed by atoms with van der Waals surface area (Å²) in [6.07, 6.45) is 3.85. The SMILES string of the molecule is Cc1nnc(NN2C(C)CCCC2C)s1. The summed E-state index contributed by atoms with van der Waals surface area (Å²) >= 11 is 1.61. The van der Waals surface area contributed by atoms with Gasteiger partial charge in [0.15, 0.2) is 0 Å². The molecule has 0 aromatic carbocycles. The Balaban J connectivity index is 2.03. The Morgan fingerprint density at radius 3 is 2.47 bits per heavy atom. The average Bonchev–Trinajstić information content (AvgIpc) is 2.58. The molecule has 1 aromatic rings. The fraction of sp³-hybridized carbons (Fsp3) is 0.800. The second-order valence-corrected chi connectivity index (χ2v) is 5.46. The van der Waals surface area contributed by atoms with E-state index in [2.05, 4.69) is 34.5 Å². The van der Waals surface area contributed by atoms with Crippen LogP contribution < -0.4 is 5.43 Å². The molecule has 0 amide bonds. The van der Waals surface area contributed by atoms with E-state index >= 15 is 0 Å². The third-order valence-corrected chi connectivity index (χ3v) is 3.69. The van der Waals surface area contributed by atoms with Crippen molar-refractivity contribution >= 4 is 16.5 Å². The molecule has 2 heterocycles. The van der Waals surface area contributed by atoms with E-state index in [9.17, 15) is 0 Å². The van der Waals surface area contributed by atoms with E-state index in [1.54, 1.807) is 11.3 Å². The van der Waals surface area contributed by atoms with Crippen molar-refractivity contribution in [1.82, 2.24) is 15.2 Å². The molecule has 0 bridgehead atoms. The van der Waals surface area contributed by atoms with Crippen molar-refractivity contribution in [3.8, 4) is 0 Å². The fourth-order valence-electron chi connectivity index (χ4n) is 2.09. The minimum absolute atomic E-state index is 0.581. The van der Waals surface area contributed by atoms with E-state index in [0.717, 1.165) is 10.1 Å². The van der Waals surface area contributed by atoms with E-state index in [-0.39, 0.29) is 0 Å². The first-order valence-electron chi connectivity index (χ1n) is 5.52. The monoisotopic (exact) mass is 226 g/mol. The molecule has 2 rings (SSSR count). The lowest BCUT2D eigenvalue weighted by Crippen LogP contribution is -2.47. The summed E-state index contributed by atoms with van der Waals surface area (Å²) in [7, 11) is 0. The third kappa shape index (κ3) is 2.46. The highest BCUT2D eigenvalue weighted by Crippen LogP contribution is 2.24. The van der Waals surface area contributed by atoms with Gasteiger partial charge in [-0.05, 0) is 33.6 Å². The van der Waals surface area contributed by atoms with Crippen molar-refractivity contribution in [2.45, 2.75) is 52.1 Å². The Labute approximate surface area is 94.7 Å². The maximum absolute atomic E-state index is 4.09. The van der Waals surface area contributed by atoms with Crippen LogP contribution in [0.4, 0.5) is 5.13 Å². The van der Waals surface area contributed by atoms with Crippen LogP contribution in [0.5, 0.6) is 0 Å². The van der Waals surface area contributed by atoms with Gasteiger partial charge in [0.05, 0.1) is 0 Å². The molecule has 15 heavy (non-hydrogen) atoms. The topological polar surface area (TPSA) is 41.1 Å². The van der Waals surface area contributed by atoms with Crippen LogP contribution in [0, 0.1) is 6.92 Å². The Morgan fingerprint density at radius 1 is 1.27 bits per heavy atom. The van der Waals surface area contributed by atoms with Crippen LogP contribution in [0.1, 0.15) is 38.1 Å². The van der Waals surface area contributed by atoms with Crippen molar-refractivity contribution in [1.29, 1.82) is 0 Å². The predicted molar refractivity (Wildman–Crippen MR) is 62.9 cm³/mol. The number of rotatable bonds is 2. The summed E-state index contributed by atoms with van der Waals surface area (Å²) in [4.78, 5) is 0. The van der Waals surface area contributed by atoms with Crippen LogP contribution in [0.25, 0.3) is 0 Å². The molecule has 5 heteroatoms. The molecular formula is C10H18N4S. The fourth-order valence-corrected chi connectivity index (χ4v) is 2.69. The molecule has 0 radical (unpaired) electrons. The largest absolute Gasteiger partial charge is 0.292 e. The third-order valence-electron chi connectivity index (χ3n) is 2.94. The van der Waals surface area contributed by atoms with Crippen LogP contribution in [-0.4, -0.2) is 27.3 Å². The number of hydrogen-bond donors (Lipinski definition) is 1. The van der Waals surface area contributed by atoms with Crippen LogP contribution in [-0.2, 0) is 0 Å². The summed E-state index contributed by atoms with van der Waals surface area (Å²) < 4.78 is 0. The number of hydrazine groups is 1. The molecule has 1 saturated heterocycles. The Hall–Kier alpha value is -0.680. The van der Waals surface area contributed by atoms with Crippen LogP contribution in [0.3, 0.4) is 0 Å².